The van der Waals surface area contributed by atoms with Crippen LogP contribution < -0.4 is 0 Å². The van der Waals surface area contributed by atoms with Gasteiger partial charge in [0.2, 0.25) is 0 Å². The maximum atomic E-state index is 6.31. The summed E-state index contributed by atoms with van der Waals surface area (Å²) in [4.78, 5) is 2.43. The van der Waals surface area contributed by atoms with E-state index in [2.05, 4.69) is 33.8 Å². The van der Waals surface area contributed by atoms with Crippen LogP contribution in [0.3, 0.4) is 0 Å². The van der Waals surface area contributed by atoms with Gasteiger partial charge in [-0.2, -0.15) is 0 Å². The van der Waals surface area contributed by atoms with E-state index in [1.807, 2.05) is 41.1 Å². The molecule has 0 radical (unpaired) electrons. The first kappa shape index (κ1) is 19.8. The lowest BCUT2D eigenvalue weighted by Gasteiger charge is -2.33. The Morgan fingerprint density at radius 3 is 2.77 bits per heavy atom. The second-order valence-electron chi connectivity index (χ2n) is 5.93. The van der Waals surface area contributed by atoms with Gasteiger partial charge in [0.15, 0.2) is 5.15 Å². The smallest absolute Gasteiger partial charge is 0.151 e. The molecule has 26 heavy (non-hydrogen) atoms. The molecule has 1 atom stereocenters. The maximum Gasteiger partial charge on any atom is 0.151 e. The van der Waals surface area contributed by atoms with Crippen LogP contribution in [0, 0.1) is 0 Å². The van der Waals surface area contributed by atoms with Gasteiger partial charge in [0, 0.05) is 29.9 Å². The molecule has 1 aliphatic heterocycles. The van der Waals surface area contributed by atoms with Gasteiger partial charge >= 0.3 is 0 Å². The number of nitrogens with zero attached hydrogens (tertiary/aromatic N) is 3. The van der Waals surface area contributed by atoms with Gasteiger partial charge in [-0.3, -0.25) is 4.90 Å². The van der Waals surface area contributed by atoms with Crippen molar-refractivity contribution in [2.45, 2.75) is 23.2 Å². The summed E-state index contributed by atoms with van der Waals surface area (Å²) in [6.45, 7) is 6.68. The molecule has 2 aromatic rings. The fourth-order valence-corrected chi connectivity index (χ4v) is 5.56. The topological polar surface area (TPSA) is 29.0 Å². The Morgan fingerprint density at radius 2 is 2.04 bits per heavy atom. The number of likely N-dealkylation sites (tertiary alicyclic amines) is 1. The summed E-state index contributed by atoms with van der Waals surface area (Å²) in [6.07, 6.45) is 5.07. The fourth-order valence-electron chi connectivity index (χ4n) is 2.80. The highest BCUT2D eigenvalue weighted by molar-refractivity contribution is 8.77. The summed E-state index contributed by atoms with van der Waals surface area (Å²) in [5.41, 5.74) is 2.54. The first-order valence-corrected chi connectivity index (χ1v) is 11.2. The Balaban J connectivity index is 1.61. The number of halogens is 2. The molecule has 0 aliphatic carbocycles. The van der Waals surface area contributed by atoms with Crippen molar-refractivity contribution < 1.29 is 0 Å². The van der Waals surface area contributed by atoms with E-state index in [9.17, 15) is 0 Å². The van der Waals surface area contributed by atoms with Crippen LogP contribution in [0.5, 0.6) is 0 Å². The van der Waals surface area contributed by atoms with E-state index in [4.69, 9.17) is 23.2 Å². The van der Waals surface area contributed by atoms with Crippen LogP contribution >= 0.6 is 44.8 Å². The summed E-state index contributed by atoms with van der Waals surface area (Å²) in [6, 6.07) is 11.7. The Kier molecular flexibility index (Phi) is 7.46. The van der Waals surface area contributed by atoms with Crippen LogP contribution in [0.2, 0.25) is 10.2 Å². The van der Waals surface area contributed by atoms with Crippen LogP contribution in [0.4, 0.5) is 0 Å². The summed E-state index contributed by atoms with van der Waals surface area (Å²) in [5, 5.41) is 10.5. The Morgan fingerprint density at radius 1 is 1.19 bits per heavy atom. The lowest BCUT2D eigenvalue weighted by Crippen LogP contribution is -2.36. The van der Waals surface area contributed by atoms with Crippen molar-refractivity contribution in [1.82, 2.24) is 15.1 Å². The number of rotatable bonds is 6. The molecule has 3 rings (SSSR count). The van der Waals surface area contributed by atoms with Crippen molar-refractivity contribution in [2.75, 3.05) is 13.1 Å². The molecule has 1 aliphatic rings. The van der Waals surface area contributed by atoms with Gasteiger partial charge in [0.1, 0.15) is 5.03 Å². The zero-order chi connectivity index (χ0) is 18.4. The Bertz CT molecular complexity index is 781. The highest BCUT2D eigenvalue weighted by Crippen LogP contribution is 2.40. The molecule has 1 saturated heterocycles. The van der Waals surface area contributed by atoms with Gasteiger partial charge in [-0.25, -0.2) is 0 Å². The van der Waals surface area contributed by atoms with Crippen LogP contribution in [0.25, 0.3) is 0 Å². The number of allylic oxidation sites excluding steroid dienone is 2. The normalized spacial score (nSPS) is 19.6. The van der Waals surface area contributed by atoms with E-state index in [-0.39, 0.29) is 0 Å². The van der Waals surface area contributed by atoms with E-state index in [1.54, 1.807) is 16.9 Å². The molecule has 0 bridgehead atoms. The van der Waals surface area contributed by atoms with Gasteiger partial charge < -0.3 is 0 Å². The summed E-state index contributed by atoms with van der Waals surface area (Å²) < 4.78 is 0. The number of hydrogen-bond acceptors (Lipinski definition) is 5. The van der Waals surface area contributed by atoms with Crippen molar-refractivity contribution in [3.8, 4) is 0 Å². The predicted molar refractivity (Wildman–Crippen MR) is 114 cm³/mol. The second-order valence-corrected chi connectivity index (χ2v) is 9.15. The molecule has 0 N–H and O–H groups in total. The van der Waals surface area contributed by atoms with Crippen molar-refractivity contribution >= 4 is 44.8 Å². The first-order chi connectivity index (χ1) is 12.7. The Labute approximate surface area is 172 Å². The fraction of sp³-hybridized carbons (Fsp3) is 0.263. The average Bonchev–Trinajstić information content (AvgIpc) is 2.65. The van der Waals surface area contributed by atoms with Gasteiger partial charge in [0.05, 0.1) is 0 Å². The minimum Gasteiger partial charge on any atom is -0.295 e. The molecular formula is C19H19Cl2N3S2. The SMILES string of the molecule is C=C/C=C1/CN(Cc2ccccc2Cl)CCC1SSc1ccc(Cl)nn1. The van der Waals surface area contributed by atoms with E-state index in [0.29, 0.717) is 10.4 Å². The standard InChI is InChI=1S/C19H19Cl2N3S2/c1-2-5-15-13-24(12-14-6-3-4-7-16(14)20)11-10-17(15)25-26-19-9-8-18(21)22-23-19/h2-9,17H,1,10-13H2/b15-5-. The zero-order valence-electron chi connectivity index (χ0n) is 14.1. The maximum absolute atomic E-state index is 6.31. The lowest BCUT2D eigenvalue weighted by molar-refractivity contribution is 0.261. The minimum atomic E-state index is 0.416. The molecule has 0 saturated carbocycles. The van der Waals surface area contributed by atoms with Crippen LogP contribution in [-0.2, 0) is 6.54 Å². The molecule has 1 fully saturated rings. The number of hydrogen-bond donors (Lipinski definition) is 0. The zero-order valence-corrected chi connectivity index (χ0v) is 17.3. The molecule has 3 nitrogen and oxygen atoms in total. The largest absolute Gasteiger partial charge is 0.295 e. The first-order valence-electron chi connectivity index (χ1n) is 8.25. The van der Waals surface area contributed by atoms with Crippen molar-refractivity contribution in [1.29, 1.82) is 0 Å². The van der Waals surface area contributed by atoms with Crippen molar-refractivity contribution in [3.63, 3.8) is 0 Å². The van der Waals surface area contributed by atoms with E-state index in [1.165, 1.54) is 11.1 Å². The quantitative estimate of drug-likeness (QED) is 0.538. The minimum absolute atomic E-state index is 0.416. The van der Waals surface area contributed by atoms with Crippen LogP contribution in [0.15, 0.2) is 65.7 Å². The number of benzene rings is 1. The molecule has 136 valence electrons. The van der Waals surface area contributed by atoms with Crippen LogP contribution in [-0.4, -0.2) is 33.4 Å². The van der Waals surface area contributed by atoms with Crippen molar-refractivity contribution in [2.24, 2.45) is 0 Å². The molecule has 1 aromatic carbocycles. The molecule has 2 heterocycles. The van der Waals surface area contributed by atoms with Crippen molar-refractivity contribution in [3.05, 3.63) is 76.4 Å². The van der Waals surface area contributed by atoms with E-state index >= 15 is 0 Å². The third-order valence-electron chi connectivity index (χ3n) is 4.07. The van der Waals surface area contributed by atoms with Gasteiger partial charge in [-0.15, -0.1) is 10.2 Å². The number of piperidine rings is 1. The molecule has 7 heteroatoms. The van der Waals surface area contributed by atoms with Gasteiger partial charge in [-0.05, 0) is 46.6 Å². The predicted octanol–water partition coefficient (Wildman–Crippen LogP) is 5.91. The monoisotopic (exact) mass is 423 g/mol. The van der Waals surface area contributed by atoms with E-state index in [0.717, 1.165) is 36.1 Å². The highest BCUT2D eigenvalue weighted by Gasteiger charge is 2.25. The molecule has 1 aromatic heterocycles. The van der Waals surface area contributed by atoms with Gasteiger partial charge in [-0.1, -0.05) is 70.9 Å². The molecule has 0 amide bonds. The average molecular weight is 424 g/mol. The van der Waals surface area contributed by atoms with Gasteiger partial charge in [0.25, 0.3) is 0 Å². The molecule has 1 unspecified atom stereocenters. The molecule has 0 spiro atoms. The van der Waals surface area contributed by atoms with Crippen LogP contribution in [0.1, 0.15) is 12.0 Å². The highest BCUT2D eigenvalue weighted by atomic mass is 35.5. The van der Waals surface area contributed by atoms with E-state index < -0.39 is 0 Å². The third kappa shape index (κ3) is 5.51. The Hall–Kier alpha value is -0.980. The lowest BCUT2D eigenvalue weighted by atomic mass is 10.0. The summed E-state index contributed by atoms with van der Waals surface area (Å²) >= 11 is 12.1. The number of aromatic nitrogens is 2. The summed E-state index contributed by atoms with van der Waals surface area (Å²) in [5.74, 6) is 0. The third-order valence-corrected chi connectivity index (χ3v) is 7.39. The summed E-state index contributed by atoms with van der Waals surface area (Å²) in [7, 11) is 3.46. The molecular weight excluding hydrogens is 405 g/mol. The second kappa shape index (κ2) is 9.81.